The van der Waals surface area contributed by atoms with E-state index in [9.17, 15) is 0 Å². The summed E-state index contributed by atoms with van der Waals surface area (Å²) in [7, 11) is 1.61. The number of hydrogen-bond donors (Lipinski definition) is 1. The fourth-order valence-corrected chi connectivity index (χ4v) is 2.46. The van der Waals surface area contributed by atoms with Crippen LogP contribution in [0.15, 0.2) is 18.2 Å². The summed E-state index contributed by atoms with van der Waals surface area (Å²) in [5, 5.41) is 0. The van der Waals surface area contributed by atoms with Gasteiger partial charge in [0.15, 0.2) is 0 Å². The molecule has 4 nitrogen and oxygen atoms in total. The van der Waals surface area contributed by atoms with Crippen LogP contribution in [0.5, 0.6) is 5.75 Å². The number of benzene rings is 1. The molecule has 0 saturated carbocycles. The third kappa shape index (κ3) is 3.89. The fraction of sp³-hybridized carbons (Fsp3) is 0.500. The lowest BCUT2D eigenvalue weighted by Crippen LogP contribution is -2.45. The van der Waals surface area contributed by atoms with Crippen LogP contribution in [0.2, 0.25) is 0 Å². The van der Waals surface area contributed by atoms with Crippen molar-refractivity contribution in [1.82, 2.24) is 4.90 Å². The van der Waals surface area contributed by atoms with Gasteiger partial charge in [0, 0.05) is 18.7 Å². The second-order valence-electron chi connectivity index (χ2n) is 5.21. The molecule has 0 aliphatic carbocycles. The number of morpholine rings is 1. The molecule has 1 fully saturated rings. The average Bonchev–Trinajstić information content (AvgIpc) is 2.39. The van der Waals surface area contributed by atoms with Crippen LogP contribution in [0.1, 0.15) is 19.4 Å². The van der Waals surface area contributed by atoms with Crippen LogP contribution in [0.25, 0.3) is 0 Å². The molecule has 1 aliphatic heterocycles. The van der Waals surface area contributed by atoms with Gasteiger partial charge in [0.1, 0.15) is 5.75 Å². The van der Waals surface area contributed by atoms with Crippen molar-refractivity contribution >= 4 is 5.69 Å². The highest BCUT2D eigenvalue weighted by Gasteiger charge is 2.20. The van der Waals surface area contributed by atoms with Crippen molar-refractivity contribution in [1.29, 1.82) is 0 Å². The van der Waals surface area contributed by atoms with Crippen LogP contribution in [0.3, 0.4) is 0 Å². The molecule has 2 rings (SSSR count). The standard InChI is InChI=1S/C16H22N2O2/c1-12-10-18(11-13(2)20-12)8-4-5-14-6-7-15(17)16(9-14)19-3/h6-7,9,12-13H,8,10-11,17H2,1-3H3/t12-,13+. The van der Waals surface area contributed by atoms with Crippen LogP contribution < -0.4 is 10.5 Å². The second-order valence-corrected chi connectivity index (χ2v) is 5.21. The van der Waals surface area contributed by atoms with Gasteiger partial charge in [0.25, 0.3) is 0 Å². The van der Waals surface area contributed by atoms with Gasteiger partial charge in [-0.15, -0.1) is 0 Å². The topological polar surface area (TPSA) is 47.7 Å². The minimum atomic E-state index is 0.275. The van der Waals surface area contributed by atoms with Gasteiger partial charge in [-0.25, -0.2) is 0 Å². The van der Waals surface area contributed by atoms with Gasteiger partial charge >= 0.3 is 0 Å². The number of methoxy groups -OCH3 is 1. The zero-order valence-electron chi connectivity index (χ0n) is 12.3. The summed E-state index contributed by atoms with van der Waals surface area (Å²) in [6, 6.07) is 5.60. The molecule has 20 heavy (non-hydrogen) atoms. The Hall–Kier alpha value is -1.70. The van der Waals surface area contributed by atoms with Gasteiger partial charge in [-0.3, -0.25) is 4.90 Å². The largest absolute Gasteiger partial charge is 0.495 e. The number of anilines is 1. The molecule has 0 radical (unpaired) electrons. The molecule has 0 amide bonds. The summed E-state index contributed by atoms with van der Waals surface area (Å²) in [4.78, 5) is 2.32. The molecule has 1 aromatic carbocycles. The Morgan fingerprint density at radius 3 is 2.70 bits per heavy atom. The minimum absolute atomic E-state index is 0.275. The maximum Gasteiger partial charge on any atom is 0.142 e. The molecular formula is C16H22N2O2. The molecule has 0 spiro atoms. The molecule has 108 valence electrons. The summed E-state index contributed by atoms with van der Waals surface area (Å²) in [5.74, 6) is 7.03. The van der Waals surface area contributed by atoms with Crippen molar-refractivity contribution in [3.8, 4) is 17.6 Å². The molecular weight excluding hydrogens is 252 g/mol. The third-order valence-corrected chi connectivity index (χ3v) is 3.26. The Balaban J connectivity index is 1.97. The Kier molecular flexibility index (Phi) is 4.89. The van der Waals surface area contributed by atoms with Crippen LogP contribution >= 0.6 is 0 Å². The van der Waals surface area contributed by atoms with Gasteiger partial charge in [-0.05, 0) is 32.0 Å². The molecule has 4 heteroatoms. The molecule has 1 aliphatic rings. The molecule has 1 saturated heterocycles. The average molecular weight is 274 g/mol. The van der Waals surface area contributed by atoms with Crippen molar-refractivity contribution < 1.29 is 9.47 Å². The molecule has 2 N–H and O–H groups in total. The summed E-state index contributed by atoms with van der Waals surface area (Å²) in [5.41, 5.74) is 7.34. The van der Waals surface area contributed by atoms with E-state index in [2.05, 4.69) is 30.6 Å². The first-order valence-corrected chi connectivity index (χ1v) is 6.88. The zero-order chi connectivity index (χ0) is 14.5. The zero-order valence-corrected chi connectivity index (χ0v) is 12.3. The van der Waals surface area contributed by atoms with E-state index in [-0.39, 0.29) is 12.2 Å². The third-order valence-electron chi connectivity index (χ3n) is 3.26. The van der Waals surface area contributed by atoms with Crippen LogP contribution in [-0.4, -0.2) is 43.9 Å². The fourth-order valence-electron chi connectivity index (χ4n) is 2.46. The lowest BCUT2D eigenvalue weighted by molar-refractivity contribution is -0.0640. The molecule has 0 unspecified atom stereocenters. The molecule has 1 aromatic rings. The van der Waals surface area contributed by atoms with Crippen molar-refractivity contribution in [3.05, 3.63) is 23.8 Å². The van der Waals surface area contributed by atoms with E-state index in [4.69, 9.17) is 15.2 Å². The van der Waals surface area contributed by atoms with E-state index in [1.807, 2.05) is 18.2 Å². The van der Waals surface area contributed by atoms with E-state index >= 15 is 0 Å². The summed E-state index contributed by atoms with van der Waals surface area (Å²) < 4.78 is 10.9. The summed E-state index contributed by atoms with van der Waals surface area (Å²) in [6.45, 7) is 6.82. The number of nitrogens with two attached hydrogens (primary N) is 1. The van der Waals surface area contributed by atoms with Gasteiger partial charge in [-0.1, -0.05) is 11.8 Å². The number of nitrogen functional groups attached to an aromatic ring is 1. The Morgan fingerprint density at radius 1 is 1.35 bits per heavy atom. The van der Waals surface area contributed by atoms with Gasteiger partial charge in [0.05, 0.1) is 31.5 Å². The highest BCUT2D eigenvalue weighted by atomic mass is 16.5. The Labute approximate surface area is 120 Å². The van der Waals surface area contributed by atoms with E-state index < -0.39 is 0 Å². The number of hydrogen-bond acceptors (Lipinski definition) is 4. The highest BCUT2D eigenvalue weighted by Crippen LogP contribution is 2.21. The monoisotopic (exact) mass is 274 g/mol. The van der Waals surface area contributed by atoms with E-state index in [1.165, 1.54) is 0 Å². The van der Waals surface area contributed by atoms with E-state index in [0.29, 0.717) is 11.4 Å². The van der Waals surface area contributed by atoms with Gasteiger partial charge in [0.2, 0.25) is 0 Å². The maximum absolute atomic E-state index is 5.78. The van der Waals surface area contributed by atoms with E-state index in [1.54, 1.807) is 7.11 Å². The first-order valence-electron chi connectivity index (χ1n) is 6.88. The molecule has 2 atom stereocenters. The molecule has 0 aromatic heterocycles. The predicted octanol–water partition coefficient (Wildman–Crippen LogP) is 1.74. The highest BCUT2D eigenvalue weighted by molar-refractivity contribution is 5.56. The maximum atomic E-state index is 5.78. The van der Waals surface area contributed by atoms with E-state index in [0.717, 1.165) is 25.2 Å². The second kappa shape index (κ2) is 6.65. The van der Waals surface area contributed by atoms with Gasteiger partial charge < -0.3 is 15.2 Å². The van der Waals surface area contributed by atoms with Gasteiger partial charge in [-0.2, -0.15) is 0 Å². The number of rotatable bonds is 2. The normalized spacial score (nSPS) is 22.9. The lowest BCUT2D eigenvalue weighted by Gasteiger charge is -2.34. The molecule has 1 heterocycles. The predicted molar refractivity (Wildman–Crippen MR) is 80.7 cm³/mol. The lowest BCUT2D eigenvalue weighted by atomic mass is 10.2. The summed E-state index contributed by atoms with van der Waals surface area (Å²) >= 11 is 0. The van der Waals surface area contributed by atoms with Crippen molar-refractivity contribution in [2.24, 2.45) is 0 Å². The Bertz CT molecular complexity index is 509. The van der Waals surface area contributed by atoms with Crippen molar-refractivity contribution in [2.75, 3.05) is 32.5 Å². The SMILES string of the molecule is COc1cc(C#CCN2C[C@@H](C)O[C@@H](C)C2)ccc1N. The van der Waals surface area contributed by atoms with Crippen LogP contribution in [0, 0.1) is 11.8 Å². The smallest absolute Gasteiger partial charge is 0.142 e. The number of ether oxygens (including phenoxy) is 2. The minimum Gasteiger partial charge on any atom is -0.495 e. The van der Waals surface area contributed by atoms with Crippen LogP contribution in [0.4, 0.5) is 5.69 Å². The quantitative estimate of drug-likeness (QED) is 0.659. The first kappa shape index (κ1) is 14.7. The van der Waals surface area contributed by atoms with Crippen molar-refractivity contribution in [2.45, 2.75) is 26.1 Å². The first-order chi connectivity index (χ1) is 9.58. The summed E-state index contributed by atoms with van der Waals surface area (Å²) in [6.07, 6.45) is 0.550. The number of nitrogens with zero attached hydrogens (tertiary/aromatic N) is 1. The Morgan fingerprint density at radius 2 is 2.05 bits per heavy atom. The van der Waals surface area contributed by atoms with Crippen LogP contribution in [-0.2, 0) is 4.74 Å². The molecule has 0 bridgehead atoms. The van der Waals surface area contributed by atoms with Crippen molar-refractivity contribution in [3.63, 3.8) is 0 Å².